The second-order valence-corrected chi connectivity index (χ2v) is 8.94. The summed E-state index contributed by atoms with van der Waals surface area (Å²) in [4.78, 5) is 33.5. The van der Waals surface area contributed by atoms with Crippen molar-refractivity contribution >= 4 is 28.9 Å². The Labute approximate surface area is 201 Å². The van der Waals surface area contributed by atoms with E-state index in [1.807, 2.05) is 85.8 Å². The number of hydrogen-bond acceptors (Lipinski definition) is 3. The first kappa shape index (κ1) is 23.4. The molecule has 1 aliphatic rings. The maximum Gasteiger partial charge on any atom is 0.252 e. The van der Waals surface area contributed by atoms with Crippen LogP contribution in [0.4, 0.5) is 11.4 Å². The minimum Gasteiger partial charge on any atom is -0.324 e. The second kappa shape index (κ2) is 10.0. The third-order valence-electron chi connectivity index (χ3n) is 6.23. The van der Waals surface area contributed by atoms with Crippen LogP contribution in [0.2, 0.25) is 0 Å². The Balaban J connectivity index is 1.71. The predicted molar refractivity (Wildman–Crippen MR) is 139 cm³/mol. The molecule has 0 radical (unpaired) electrons. The number of amides is 2. The molecule has 34 heavy (non-hydrogen) atoms. The molecule has 1 N–H and O–H groups in total. The largest absolute Gasteiger partial charge is 0.324 e. The summed E-state index contributed by atoms with van der Waals surface area (Å²) in [6.45, 7) is 7.99. The van der Waals surface area contributed by atoms with Gasteiger partial charge in [0.15, 0.2) is 0 Å². The van der Waals surface area contributed by atoms with E-state index in [0.717, 1.165) is 22.5 Å². The number of benzene rings is 3. The van der Waals surface area contributed by atoms with Crippen LogP contribution in [0.15, 0.2) is 83.9 Å². The van der Waals surface area contributed by atoms with E-state index in [4.69, 9.17) is 4.99 Å². The summed E-state index contributed by atoms with van der Waals surface area (Å²) < 4.78 is 0. The molecule has 1 heterocycles. The first-order valence-electron chi connectivity index (χ1n) is 11.9. The number of nitrogens with zero attached hydrogens (tertiary/aromatic N) is 2. The van der Waals surface area contributed by atoms with Gasteiger partial charge in [-0.3, -0.25) is 19.5 Å². The third-order valence-corrected chi connectivity index (χ3v) is 6.23. The molecule has 0 aromatic heterocycles. The number of anilines is 2. The van der Waals surface area contributed by atoms with Crippen molar-refractivity contribution in [1.82, 2.24) is 0 Å². The van der Waals surface area contributed by atoms with Crippen LogP contribution in [-0.2, 0) is 9.59 Å². The van der Waals surface area contributed by atoms with Crippen LogP contribution in [0, 0.1) is 0 Å². The minimum absolute atomic E-state index is 0.185. The van der Waals surface area contributed by atoms with Crippen molar-refractivity contribution in [3.8, 4) is 0 Å². The normalized spacial score (nSPS) is 16.5. The lowest BCUT2D eigenvalue weighted by molar-refractivity contribution is -0.124. The molecule has 4 rings (SSSR count). The highest BCUT2D eigenvalue weighted by molar-refractivity contribution is 6.21. The SMILES string of the molecule is CC[C@H](C(=O)Nc1ccc(C(C)C)cc1)N1C(=O)[C@H](C)N=C(c2ccccc2)c2ccccc21. The highest BCUT2D eigenvalue weighted by atomic mass is 16.2. The summed E-state index contributed by atoms with van der Waals surface area (Å²) in [5, 5.41) is 3.02. The molecule has 5 heteroatoms. The Morgan fingerprint density at radius 1 is 0.971 bits per heavy atom. The first-order chi connectivity index (χ1) is 16.4. The Hall–Kier alpha value is -3.73. The molecular weight excluding hydrogens is 422 g/mol. The van der Waals surface area contributed by atoms with Gasteiger partial charge in [-0.1, -0.05) is 81.4 Å². The van der Waals surface area contributed by atoms with Crippen LogP contribution < -0.4 is 10.2 Å². The van der Waals surface area contributed by atoms with E-state index >= 15 is 0 Å². The van der Waals surface area contributed by atoms with Crippen molar-refractivity contribution in [1.29, 1.82) is 0 Å². The minimum atomic E-state index is -0.661. The molecule has 0 fully saturated rings. The number of aliphatic imine (C=N–C) groups is 1. The lowest BCUT2D eigenvalue weighted by Gasteiger charge is -2.31. The van der Waals surface area contributed by atoms with Gasteiger partial charge >= 0.3 is 0 Å². The number of fused-ring (bicyclic) bond motifs is 1. The van der Waals surface area contributed by atoms with Gasteiger partial charge in [0.05, 0.1) is 11.4 Å². The van der Waals surface area contributed by atoms with Crippen LogP contribution >= 0.6 is 0 Å². The fourth-order valence-corrected chi connectivity index (χ4v) is 4.33. The summed E-state index contributed by atoms with van der Waals surface area (Å²) in [7, 11) is 0. The maximum absolute atomic E-state index is 13.6. The number of nitrogens with one attached hydrogen (secondary N) is 1. The molecule has 1 aliphatic heterocycles. The van der Waals surface area contributed by atoms with E-state index in [1.54, 1.807) is 11.8 Å². The molecule has 174 valence electrons. The first-order valence-corrected chi connectivity index (χ1v) is 11.9. The van der Waals surface area contributed by atoms with Gasteiger partial charge in [-0.2, -0.15) is 0 Å². The molecule has 0 aliphatic carbocycles. The summed E-state index contributed by atoms with van der Waals surface area (Å²) in [6, 6.07) is 24.2. The van der Waals surface area contributed by atoms with E-state index in [2.05, 4.69) is 19.2 Å². The summed E-state index contributed by atoms with van der Waals surface area (Å²) in [6.07, 6.45) is 0.476. The highest BCUT2D eigenvalue weighted by Gasteiger charge is 2.36. The van der Waals surface area contributed by atoms with Gasteiger partial charge in [0, 0.05) is 16.8 Å². The molecule has 2 amide bonds. The van der Waals surface area contributed by atoms with Crippen molar-refractivity contribution in [2.75, 3.05) is 10.2 Å². The number of rotatable bonds is 6. The zero-order chi connectivity index (χ0) is 24.2. The smallest absolute Gasteiger partial charge is 0.252 e. The van der Waals surface area contributed by atoms with Gasteiger partial charge < -0.3 is 5.32 Å². The fraction of sp³-hybridized carbons (Fsp3) is 0.276. The molecule has 0 saturated heterocycles. The molecular formula is C29H31N3O2. The summed E-state index contributed by atoms with van der Waals surface area (Å²) in [5.41, 5.74) is 5.19. The Bertz CT molecular complexity index is 1200. The maximum atomic E-state index is 13.6. The lowest BCUT2D eigenvalue weighted by atomic mass is 9.99. The Kier molecular flexibility index (Phi) is 6.92. The zero-order valence-electron chi connectivity index (χ0n) is 20.2. The van der Waals surface area contributed by atoms with E-state index in [-0.39, 0.29) is 11.8 Å². The van der Waals surface area contributed by atoms with Crippen molar-refractivity contribution in [2.45, 2.75) is 52.1 Å². The number of carbonyl (C=O) groups excluding carboxylic acids is 2. The Morgan fingerprint density at radius 3 is 2.26 bits per heavy atom. The van der Waals surface area contributed by atoms with Gasteiger partial charge in [0.1, 0.15) is 12.1 Å². The topological polar surface area (TPSA) is 61.8 Å². The second-order valence-electron chi connectivity index (χ2n) is 8.94. The third kappa shape index (κ3) is 4.65. The van der Waals surface area contributed by atoms with Gasteiger partial charge in [-0.05, 0) is 43.0 Å². The van der Waals surface area contributed by atoms with Crippen LogP contribution in [-0.4, -0.2) is 29.6 Å². The highest BCUT2D eigenvalue weighted by Crippen LogP contribution is 2.31. The van der Waals surface area contributed by atoms with Crippen LogP contribution in [0.5, 0.6) is 0 Å². The van der Waals surface area contributed by atoms with Gasteiger partial charge in [-0.25, -0.2) is 0 Å². The van der Waals surface area contributed by atoms with Crippen LogP contribution in [0.1, 0.15) is 56.7 Å². The number of benzodiazepines with no additional fused rings is 1. The van der Waals surface area contributed by atoms with Crippen molar-refractivity contribution in [3.05, 3.63) is 95.6 Å². The fourth-order valence-electron chi connectivity index (χ4n) is 4.33. The van der Waals surface area contributed by atoms with Crippen LogP contribution in [0.25, 0.3) is 0 Å². The molecule has 0 spiro atoms. The average Bonchev–Trinajstić information content (AvgIpc) is 2.96. The van der Waals surface area contributed by atoms with E-state index < -0.39 is 12.1 Å². The summed E-state index contributed by atoms with van der Waals surface area (Å²) >= 11 is 0. The van der Waals surface area contributed by atoms with E-state index in [1.165, 1.54) is 5.56 Å². The summed E-state index contributed by atoms with van der Waals surface area (Å²) in [5.74, 6) is 0.0218. The predicted octanol–water partition coefficient (Wildman–Crippen LogP) is 5.80. The van der Waals surface area contributed by atoms with Crippen LogP contribution in [0.3, 0.4) is 0 Å². The zero-order valence-corrected chi connectivity index (χ0v) is 20.2. The number of para-hydroxylation sites is 1. The Morgan fingerprint density at radius 2 is 1.62 bits per heavy atom. The quantitative estimate of drug-likeness (QED) is 0.513. The lowest BCUT2D eigenvalue weighted by Crippen LogP contribution is -2.50. The van der Waals surface area contributed by atoms with Gasteiger partial charge in [0.2, 0.25) is 5.91 Å². The standard InChI is InChI=1S/C29H31N3O2/c1-5-25(28(33)31-23-17-15-21(16-18-23)19(2)3)32-26-14-10-9-13-24(26)27(30-20(4)29(32)34)22-11-7-6-8-12-22/h6-20,25H,5H2,1-4H3,(H,31,33)/t20-,25+/m0/s1. The number of hydrogen-bond donors (Lipinski definition) is 1. The molecule has 0 unspecified atom stereocenters. The molecule has 0 bridgehead atoms. The van der Waals surface area contributed by atoms with Crippen molar-refractivity contribution in [3.63, 3.8) is 0 Å². The average molecular weight is 454 g/mol. The van der Waals surface area contributed by atoms with Crippen molar-refractivity contribution < 1.29 is 9.59 Å². The van der Waals surface area contributed by atoms with E-state index in [9.17, 15) is 9.59 Å². The molecule has 5 nitrogen and oxygen atoms in total. The van der Waals surface area contributed by atoms with Gasteiger partial charge in [0.25, 0.3) is 5.91 Å². The van der Waals surface area contributed by atoms with Gasteiger partial charge in [-0.15, -0.1) is 0 Å². The number of carbonyl (C=O) groups is 2. The molecule has 3 aromatic carbocycles. The monoisotopic (exact) mass is 453 g/mol. The molecule has 0 saturated carbocycles. The molecule has 3 aromatic rings. The molecule has 2 atom stereocenters. The van der Waals surface area contributed by atoms with Crippen molar-refractivity contribution in [2.24, 2.45) is 4.99 Å². The van der Waals surface area contributed by atoms with E-state index in [0.29, 0.717) is 18.0 Å².